The van der Waals surface area contributed by atoms with E-state index in [2.05, 4.69) is 5.32 Å². The Balaban J connectivity index is 2.26. The Kier molecular flexibility index (Phi) is 4.88. The smallest absolute Gasteiger partial charge is 0.320 e. The second-order valence-corrected chi connectivity index (χ2v) is 3.50. The van der Waals surface area contributed by atoms with E-state index in [9.17, 15) is 9.18 Å². The molecule has 0 aliphatic heterocycles. The predicted molar refractivity (Wildman–Crippen MR) is 58.3 cm³/mol. The highest BCUT2D eigenvalue weighted by atomic mass is 19.1. The van der Waals surface area contributed by atoms with Gasteiger partial charge in [-0.3, -0.25) is 4.79 Å². The number of nitrogens with two attached hydrogens (primary N) is 1. The Hall–Kier alpha value is -1.46. The molecule has 0 spiro atoms. The molecule has 5 heteroatoms. The van der Waals surface area contributed by atoms with Crippen LogP contribution in [0.1, 0.15) is 12.0 Å². The Labute approximate surface area is 93.3 Å². The molecule has 0 fully saturated rings. The van der Waals surface area contributed by atoms with E-state index >= 15 is 0 Å². The number of carbonyl (C=O) groups is 1. The van der Waals surface area contributed by atoms with E-state index < -0.39 is 12.0 Å². The summed E-state index contributed by atoms with van der Waals surface area (Å²) in [6.07, 6.45) is 0.323. The van der Waals surface area contributed by atoms with Gasteiger partial charge in [-0.05, 0) is 19.0 Å². The van der Waals surface area contributed by atoms with E-state index in [0.717, 1.165) is 0 Å². The maximum atomic E-state index is 13.1. The molecule has 88 valence electrons. The van der Waals surface area contributed by atoms with Gasteiger partial charge in [0, 0.05) is 12.1 Å². The topological polar surface area (TPSA) is 75.3 Å². The number of nitrogens with one attached hydrogen (secondary N) is 1. The molecule has 0 heterocycles. The normalized spacial score (nSPS) is 12.4. The molecule has 1 atom stereocenters. The molecule has 1 unspecified atom stereocenters. The molecular formula is C11H15FN2O2. The predicted octanol–water partition coefficient (Wildman–Crippen LogP) is 0.717. The number of benzene rings is 1. The quantitative estimate of drug-likeness (QED) is 0.625. The minimum Gasteiger partial charge on any atom is -0.480 e. The molecule has 0 saturated heterocycles. The highest BCUT2D eigenvalue weighted by Gasteiger charge is 2.10. The van der Waals surface area contributed by atoms with Crippen molar-refractivity contribution >= 4 is 5.97 Å². The Morgan fingerprint density at radius 1 is 1.50 bits per heavy atom. The van der Waals surface area contributed by atoms with Crippen molar-refractivity contribution < 1.29 is 14.3 Å². The zero-order chi connectivity index (χ0) is 12.0. The SMILES string of the molecule is NC(CCNCc1ccccc1F)C(=O)O. The largest absolute Gasteiger partial charge is 0.480 e. The molecule has 0 radical (unpaired) electrons. The maximum absolute atomic E-state index is 13.1. The van der Waals surface area contributed by atoms with Crippen LogP contribution in [-0.2, 0) is 11.3 Å². The Morgan fingerprint density at radius 2 is 2.19 bits per heavy atom. The second kappa shape index (κ2) is 6.19. The number of hydrogen-bond donors (Lipinski definition) is 3. The summed E-state index contributed by atoms with van der Waals surface area (Å²) in [5.74, 6) is -1.29. The van der Waals surface area contributed by atoms with Crippen LogP contribution in [0.3, 0.4) is 0 Å². The number of rotatable bonds is 6. The summed E-state index contributed by atoms with van der Waals surface area (Å²) in [4.78, 5) is 10.4. The molecular weight excluding hydrogens is 211 g/mol. The fourth-order valence-electron chi connectivity index (χ4n) is 1.25. The number of carboxylic acid groups (broad SMARTS) is 1. The number of halogens is 1. The summed E-state index contributed by atoms with van der Waals surface area (Å²) in [6.45, 7) is 0.820. The molecule has 1 rings (SSSR count). The lowest BCUT2D eigenvalue weighted by Crippen LogP contribution is -2.33. The third-order valence-corrected chi connectivity index (χ3v) is 2.22. The van der Waals surface area contributed by atoms with Gasteiger partial charge in [-0.15, -0.1) is 0 Å². The zero-order valence-corrected chi connectivity index (χ0v) is 8.82. The van der Waals surface area contributed by atoms with Crippen molar-refractivity contribution in [2.45, 2.75) is 19.0 Å². The highest BCUT2D eigenvalue weighted by molar-refractivity contribution is 5.72. The van der Waals surface area contributed by atoms with Crippen molar-refractivity contribution in [3.63, 3.8) is 0 Å². The van der Waals surface area contributed by atoms with E-state index in [1.165, 1.54) is 6.07 Å². The summed E-state index contributed by atoms with van der Waals surface area (Å²) in [5.41, 5.74) is 5.87. The summed E-state index contributed by atoms with van der Waals surface area (Å²) in [6, 6.07) is 5.58. The third-order valence-electron chi connectivity index (χ3n) is 2.22. The lowest BCUT2D eigenvalue weighted by atomic mass is 10.2. The Bertz CT molecular complexity index is 358. The average molecular weight is 226 g/mol. The van der Waals surface area contributed by atoms with Gasteiger partial charge in [-0.2, -0.15) is 0 Å². The van der Waals surface area contributed by atoms with Crippen LogP contribution < -0.4 is 11.1 Å². The first-order valence-electron chi connectivity index (χ1n) is 5.03. The van der Waals surface area contributed by atoms with Crippen molar-refractivity contribution in [1.82, 2.24) is 5.32 Å². The molecule has 0 aromatic heterocycles. The van der Waals surface area contributed by atoms with Crippen LogP contribution in [0.2, 0.25) is 0 Å². The van der Waals surface area contributed by atoms with Gasteiger partial charge in [-0.25, -0.2) is 4.39 Å². The standard InChI is InChI=1S/C11H15FN2O2/c12-9-4-2-1-3-8(9)7-14-6-5-10(13)11(15)16/h1-4,10,14H,5-7,13H2,(H,15,16). The molecule has 0 aliphatic rings. The maximum Gasteiger partial charge on any atom is 0.320 e. The van der Waals surface area contributed by atoms with Gasteiger partial charge in [0.1, 0.15) is 11.9 Å². The van der Waals surface area contributed by atoms with Crippen LogP contribution >= 0.6 is 0 Å². The summed E-state index contributed by atoms with van der Waals surface area (Å²) >= 11 is 0. The van der Waals surface area contributed by atoms with Crippen LogP contribution in [0.15, 0.2) is 24.3 Å². The molecule has 1 aromatic carbocycles. The molecule has 4 N–H and O–H groups in total. The van der Waals surface area contributed by atoms with Gasteiger partial charge < -0.3 is 16.2 Å². The number of hydrogen-bond acceptors (Lipinski definition) is 3. The van der Waals surface area contributed by atoms with Crippen LogP contribution in [0.5, 0.6) is 0 Å². The minimum absolute atomic E-state index is 0.266. The molecule has 0 saturated carbocycles. The van der Waals surface area contributed by atoms with Gasteiger partial charge in [0.05, 0.1) is 0 Å². The molecule has 0 aliphatic carbocycles. The summed E-state index contributed by atoms with van der Waals surface area (Å²) < 4.78 is 13.1. The molecule has 1 aromatic rings. The van der Waals surface area contributed by atoms with Crippen molar-refractivity contribution in [3.05, 3.63) is 35.6 Å². The van der Waals surface area contributed by atoms with Crippen LogP contribution in [0, 0.1) is 5.82 Å². The van der Waals surface area contributed by atoms with Crippen LogP contribution in [0.25, 0.3) is 0 Å². The third kappa shape index (κ3) is 3.96. The average Bonchev–Trinajstić information content (AvgIpc) is 2.26. The highest BCUT2D eigenvalue weighted by Crippen LogP contribution is 2.05. The van der Waals surface area contributed by atoms with Crippen molar-refractivity contribution in [2.24, 2.45) is 5.73 Å². The van der Waals surface area contributed by atoms with Gasteiger partial charge in [0.15, 0.2) is 0 Å². The van der Waals surface area contributed by atoms with E-state index in [1.807, 2.05) is 0 Å². The second-order valence-electron chi connectivity index (χ2n) is 3.50. The van der Waals surface area contributed by atoms with Gasteiger partial charge in [-0.1, -0.05) is 18.2 Å². The van der Waals surface area contributed by atoms with Crippen molar-refractivity contribution in [2.75, 3.05) is 6.54 Å². The van der Waals surface area contributed by atoms with Gasteiger partial charge in [0.25, 0.3) is 0 Å². The monoisotopic (exact) mass is 226 g/mol. The summed E-state index contributed by atoms with van der Waals surface area (Å²) in [5, 5.41) is 11.5. The summed E-state index contributed by atoms with van der Waals surface area (Å²) in [7, 11) is 0. The molecule has 16 heavy (non-hydrogen) atoms. The van der Waals surface area contributed by atoms with E-state index in [-0.39, 0.29) is 5.82 Å². The number of aliphatic carboxylic acids is 1. The zero-order valence-electron chi connectivity index (χ0n) is 8.82. The first-order chi connectivity index (χ1) is 7.61. The van der Waals surface area contributed by atoms with Crippen LogP contribution in [0.4, 0.5) is 4.39 Å². The molecule has 0 amide bonds. The first kappa shape index (κ1) is 12.6. The minimum atomic E-state index is -1.02. The van der Waals surface area contributed by atoms with Crippen LogP contribution in [-0.4, -0.2) is 23.7 Å². The van der Waals surface area contributed by atoms with Gasteiger partial charge in [0.2, 0.25) is 0 Å². The van der Waals surface area contributed by atoms with E-state index in [1.54, 1.807) is 18.2 Å². The van der Waals surface area contributed by atoms with Gasteiger partial charge >= 0.3 is 5.97 Å². The number of carboxylic acids is 1. The lowest BCUT2D eigenvalue weighted by molar-refractivity contribution is -0.138. The molecule has 4 nitrogen and oxygen atoms in total. The Morgan fingerprint density at radius 3 is 2.81 bits per heavy atom. The lowest BCUT2D eigenvalue weighted by Gasteiger charge is -2.08. The molecule has 0 bridgehead atoms. The van der Waals surface area contributed by atoms with E-state index in [0.29, 0.717) is 25.1 Å². The fourth-order valence-corrected chi connectivity index (χ4v) is 1.25. The fraction of sp³-hybridized carbons (Fsp3) is 0.364. The van der Waals surface area contributed by atoms with E-state index in [4.69, 9.17) is 10.8 Å². The van der Waals surface area contributed by atoms with Crippen molar-refractivity contribution in [1.29, 1.82) is 0 Å². The van der Waals surface area contributed by atoms with Crippen molar-refractivity contribution in [3.8, 4) is 0 Å². The first-order valence-corrected chi connectivity index (χ1v) is 5.03.